The largest absolute Gasteiger partial charge is 0.371 e. The Morgan fingerprint density at radius 3 is 2.82 bits per heavy atom. The summed E-state index contributed by atoms with van der Waals surface area (Å²) in [5.41, 5.74) is 12.0. The fourth-order valence-electron chi connectivity index (χ4n) is 1.67. The topological polar surface area (TPSA) is 85.2 Å². The average molecular weight is 236 g/mol. The summed E-state index contributed by atoms with van der Waals surface area (Å²) in [6.45, 7) is 4.59. The first-order valence-corrected chi connectivity index (χ1v) is 5.90. The molecule has 5 heteroatoms. The molecule has 0 aliphatic carbocycles. The number of nitrogens with two attached hydrogens (primary N) is 2. The molecule has 0 unspecified atom stereocenters. The fraction of sp³-hybridized carbons (Fsp3) is 0.500. The Kier molecular flexibility index (Phi) is 5.42. The maximum Gasteiger partial charge on any atom is 0.267 e. The molecule has 1 aromatic heterocycles. The second kappa shape index (κ2) is 6.85. The molecule has 1 heterocycles. The van der Waals surface area contributed by atoms with Crippen LogP contribution in [0.3, 0.4) is 0 Å². The molecule has 1 aromatic rings. The second-order valence-corrected chi connectivity index (χ2v) is 3.89. The third-order valence-corrected chi connectivity index (χ3v) is 2.49. The van der Waals surface area contributed by atoms with Gasteiger partial charge in [0.05, 0.1) is 0 Å². The zero-order valence-corrected chi connectivity index (χ0v) is 10.2. The van der Waals surface area contributed by atoms with E-state index in [0.717, 1.165) is 31.6 Å². The first-order chi connectivity index (χ1) is 8.19. The Hall–Kier alpha value is -1.62. The summed E-state index contributed by atoms with van der Waals surface area (Å²) in [5.74, 6) is -0.498. The molecule has 0 fully saturated rings. The predicted octanol–water partition coefficient (Wildman–Crippen LogP) is 0.746. The molecule has 0 saturated carbocycles. The van der Waals surface area contributed by atoms with Gasteiger partial charge in [-0.05, 0) is 31.5 Å². The van der Waals surface area contributed by atoms with E-state index in [1.165, 1.54) is 0 Å². The highest BCUT2D eigenvalue weighted by Gasteiger charge is 2.08. The maximum absolute atomic E-state index is 11.1. The molecule has 0 bridgehead atoms. The predicted molar refractivity (Wildman–Crippen MR) is 68.9 cm³/mol. The van der Waals surface area contributed by atoms with Crippen LogP contribution in [0.15, 0.2) is 18.3 Å². The van der Waals surface area contributed by atoms with Crippen molar-refractivity contribution in [2.75, 3.05) is 24.5 Å². The molecule has 0 atom stereocenters. The summed E-state index contributed by atoms with van der Waals surface area (Å²) in [5, 5.41) is 0. The molecule has 0 spiro atoms. The van der Waals surface area contributed by atoms with Crippen molar-refractivity contribution in [3.8, 4) is 0 Å². The normalized spacial score (nSPS) is 10.2. The summed E-state index contributed by atoms with van der Waals surface area (Å²) >= 11 is 0. The first-order valence-electron chi connectivity index (χ1n) is 5.90. The van der Waals surface area contributed by atoms with Crippen LogP contribution in [0.25, 0.3) is 0 Å². The van der Waals surface area contributed by atoms with E-state index in [9.17, 15) is 4.79 Å². The highest BCUT2D eigenvalue weighted by atomic mass is 16.1. The van der Waals surface area contributed by atoms with E-state index in [0.29, 0.717) is 12.2 Å². The number of aromatic nitrogens is 1. The number of amides is 1. The smallest absolute Gasteiger partial charge is 0.267 e. The van der Waals surface area contributed by atoms with E-state index in [-0.39, 0.29) is 0 Å². The Morgan fingerprint density at radius 1 is 1.47 bits per heavy atom. The summed E-state index contributed by atoms with van der Waals surface area (Å²) in [6, 6.07) is 3.62. The minimum atomic E-state index is -0.498. The molecule has 17 heavy (non-hydrogen) atoms. The molecule has 4 N–H and O–H groups in total. The third-order valence-electron chi connectivity index (χ3n) is 2.49. The van der Waals surface area contributed by atoms with Gasteiger partial charge >= 0.3 is 0 Å². The Labute approximate surface area is 102 Å². The number of carbonyl (C=O) groups is 1. The van der Waals surface area contributed by atoms with Gasteiger partial charge in [-0.25, -0.2) is 0 Å². The van der Waals surface area contributed by atoms with Gasteiger partial charge in [0.2, 0.25) is 0 Å². The van der Waals surface area contributed by atoms with E-state index in [4.69, 9.17) is 11.5 Å². The quantitative estimate of drug-likeness (QED) is 0.731. The van der Waals surface area contributed by atoms with Crippen LogP contribution in [0.1, 0.15) is 30.3 Å². The van der Waals surface area contributed by atoms with Crippen molar-refractivity contribution in [1.82, 2.24) is 4.98 Å². The highest BCUT2D eigenvalue weighted by molar-refractivity contribution is 5.91. The lowest BCUT2D eigenvalue weighted by Crippen LogP contribution is -2.27. The van der Waals surface area contributed by atoms with Crippen molar-refractivity contribution < 1.29 is 4.79 Å². The molecule has 0 aromatic carbocycles. The zero-order chi connectivity index (χ0) is 12.7. The Bertz CT molecular complexity index is 367. The lowest BCUT2D eigenvalue weighted by molar-refractivity contribution is 0.0995. The zero-order valence-electron chi connectivity index (χ0n) is 10.2. The van der Waals surface area contributed by atoms with Gasteiger partial charge in [0.15, 0.2) is 0 Å². The number of hydrogen-bond acceptors (Lipinski definition) is 4. The van der Waals surface area contributed by atoms with Gasteiger partial charge in [0.25, 0.3) is 5.91 Å². The van der Waals surface area contributed by atoms with Crippen LogP contribution in [-0.2, 0) is 0 Å². The lowest BCUT2D eigenvalue weighted by Gasteiger charge is -2.24. The Balaban J connectivity index is 2.84. The van der Waals surface area contributed by atoms with Crippen LogP contribution in [0.2, 0.25) is 0 Å². The molecule has 0 aliphatic rings. The molecule has 1 rings (SSSR count). The van der Waals surface area contributed by atoms with Crippen LogP contribution in [0.4, 0.5) is 5.69 Å². The molecule has 0 saturated heterocycles. The molecule has 1 amide bonds. The Morgan fingerprint density at radius 2 is 2.24 bits per heavy atom. The number of rotatable bonds is 7. The van der Waals surface area contributed by atoms with Crippen molar-refractivity contribution in [2.24, 2.45) is 11.5 Å². The number of anilines is 1. The summed E-state index contributed by atoms with van der Waals surface area (Å²) in [7, 11) is 0. The molecule has 5 nitrogen and oxygen atoms in total. The summed E-state index contributed by atoms with van der Waals surface area (Å²) < 4.78 is 0. The number of hydrogen-bond donors (Lipinski definition) is 2. The van der Waals surface area contributed by atoms with Gasteiger partial charge in [-0.15, -0.1) is 0 Å². The minimum Gasteiger partial charge on any atom is -0.371 e. The standard InChI is InChI=1S/C12H20N4O/c1-2-7-16(8-3-5-13)10-4-6-15-11(9-10)12(14)17/h4,6,9H,2-3,5,7-8,13H2,1H3,(H2,14,17). The van der Waals surface area contributed by atoms with Gasteiger partial charge < -0.3 is 16.4 Å². The molecule has 0 aliphatic heterocycles. The second-order valence-electron chi connectivity index (χ2n) is 3.89. The fourth-order valence-corrected chi connectivity index (χ4v) is 1.67. The highest BCUT2D eigenvalue weighted by Crippen LogP contribution is 2.15. The molecular weight excluding hydrogens is 216 g/mol. The number of nitrogens with zero attached hydrogens (tertiary/aromatic N) is 2. The van der Waals surface area contributed by atoms with Gasteiger partial charge in [-0.1, -0.05) is 6.92 Å². The van der Waals surface area contributed by atoms with E-state index >= 15 is 0 Å². The van der Waals surface area contributed by atoms with Crippen LogP contribution in [-0.4, -0.2) is 30.5 Å². The SMILES string of the molecule is CCCN(CCCN)c1ccnc(C(N)=O)c1. The molecule has 0 radical (unpaired) electrons. The van der Waals surface area contributed by atoms with Crippen molar-refractivity contribution in [2.45, 2.75) is 19.8 Å². The van der Waals surface area contributed by atoms with Crippen LogP contribution in [0.5, 0.6) is 0 Å². The van der Waals surface area contributed by atoms with Crippen molar-refractivity contribution in [3.05, 3.63) is 24.0 Å². The van der Waals surface area contributed by atoms with Crippen molar-refractivity contribution >= 4 is 11.6 Å². The average Bonchev–Trinajstić information content (AvgIpc) is 2.34. The van der Waals surface area contributed by atoms with E-state index in [1.807, 2.05) is 6.07 Å². The number of carbonyl (C=O) groups excluding carboxylic acids is 1. The molecule has 94 valence electrons. The van der Waals surface area contributed by atoms with Crippen LogP contribution < -0.4 is 16.4 Å². The van der Waals surface area contributed by atoms with Crippen molar-refractivity contribution in [3.63, 3.8) is 0 Å². The van der Waals surface area contributed by atoms with Gasteiger partial charge in [0.1, 0.15) is 5.69 Å². The van der Waals surface area contributed by atoms with Gasteiger partial charge in [-0.2, -0.15) is 0 Å². The van der Waals surface area contributed by atoms with Crippen LogP contribution in [0, 0.1) is 0 Å². The van der Waals surface area contributed by atoms with Crippen molar-refractivity contribution in [1.29, 1.82) is 0 Å². The number of pyridine rings is 1. The van der Waals surface area contributed by atoms with Gasteiger partial charge in [-0.3, -0.25) is 9.78 Å². The number of primary amides is 1. The van der Waals surface area contributed by atoms with E-state index in [1.54, 1.807) is 12.3 Å². The third kappa shape index (κ3) is 4.03. The summed E-state index contributed by atoms with van der Waals surface area (Å²) in [4.78, 5) is 17.2. The monoisotopic (exact) mass is 236 g/mol. The maximum atomic E-state index is 11.1. The lowest BCUT2D eigenvalue weighted by atomic mass is 10.2. The van der Waals surface area contributed by atoms with Gasteiger partial charge in [0, 0.05) is 25.0 Å². The van der Waals surface area contributed by atoms with E-state index in [2.05, 4.69) is 16.8 Å². The van der Waals surface area contributed by atoms with E-state index < -0.39 is 5.91 Å². The minimum absolute atomic E-state index is 0.302. The first kappa shape index (κ1) is 13.4. The molecular formula is C12H20N4O. The summed E-state index contributed by atoms with van der Waals surface area (Å²) in [6.07, 6.45) is 3.58. The van der Waals surface area contributed by atoms with Crippen LogP contribution >= 0.6 is 0 Å².